The minimum atomic E-state index is -0.449. The summed E-state index contributed by atoms with van der Waals surface area (Å²) in [6.45, 7) is 5.17. The molecule has 3 heterocycles. The number of carbonyl (C=O) groups excluding carboxylic acids is 1. The van der Waals surface area contributed by atoms with Crippen molar-refractivity contribution in [1.29, 1.82) is 0 Å². The Morgan fingerprint density at radius 2 is 1.82 bits per heavy atom. The molecule has 0 unspecified atom stereocenters. The van der Waals surface area contributed by atoms with Gasteiger partial charge in [-0.2, -0.15) is 0 Å². The Morgan fingerprint density at radius 1 is 1.00 bits per heavy atom. The number of carbonyl (C=O) groups is 1. The molecular formula is C25H26N4O4. The van der Waals surface area contributed by atoms with Crippen LogP contribution in [0.1, 0.15) is 15.9 Å². The maximum absolute atomic E-state index is 13.0. The van der Waals surface area contributed by atoms with Gasteiger partial charge < -0.3 is 24.7 Å². The number of benzene rings is 2. The van der Waals surface area contributed by atoms with Gasteiger partial charge in [-0.3, -0.25) is 14.5 Å². The van der Waals surface area contributed by atoms with Crippen LogP contribution in [0, 0.1) is 0 Å². The van der Waals surface area contributed by atoms with Gasteiger partial charge in [-0.15, -0.1) is 0 Å². The van der Waals surface area contributed by atoms with E-state index in [1.165, 1.54) is 0 Å². The van der Waals surface area contributed by atoms with Crippen molar-refractivity contribution < 1.29 is 14.3 Å². The number of nitrogens with zero attached hydrogens (tertiary/aromatic N) is 2. The second-order valence-corrected chi connectivity index (χ2v) is 8.43. The molecule has 0 radical (unpaired) electrons. The molecule has 8 heteroatoms. The highest BCUT2D eigenvalue weighted by Gasteiger charge is 2.17. The van der Waals surface area contributed by atoms with E-state index in [-0.39, 0.29) is 12.4 Å². The maximum atomic E-state index is 13.0. The van der Waals surface area contributed by atoms with E-state index in [1.54, 1.807) is 12.3 Å². The number of pyridine rings is 1. The molecule has 0 saturated carbocycles. The van der Waals surface area contributed by atoms with Gasteiger partial charge in [-0.1, -0.05) is 18.2 Å². The molecule has 2 aliphatic rings. The zero-order valence-corrected chi connectivity index (χ0v) is 18.5. The van der Waals surface area contributed by atoms with Crippen molar-refractivity contribution in [2.24, 2.45) is 0 Å². The van der Waals surface area contributed by atoms with Gasteiger partial charge in [-0.25, -0.2) is 0 Å². The average Bonchev–Trinajstić information content (AvgIpc) is 3.29. The standard InChI is InChI=1S/C25H26N4O4/c1-28-7-9-29(10-8-28)15-17-3-2-4-20(11-17)27-25(31)21-12-19(14-26-24(21)30)18-5-6-22-23(13-18)33-16-32-22/h2-6,11-14H,7-10,15-16H2,1H3,(H,26,30)(H,27,31). The lowest BCUT2D eigenvalue weighted by Crippen LogP contribution is -2.43. The molecule has 33 heavy (non-hydrogen) atoms. The number of hydrogen-bond donors (Lipinski definition) is 2. The molecule has 0 atom stereocenters. The number of amides is 1. The number of H-pyrrole nitrogens is 1. The monoisotopic (exact) mass is 446 g/mol. The Kier molecular flexibility index (Phi) is 5.85. The van der Waals surface area contributed by atoms with E-state index in [1.807, 2.05) is 36.4 Å². The summed E-state index contributed by atoms with van der Waals surface area (Å²) in [6, 6.07) is 14.9. The van der Waals surface area contributed by atoms with Crippen LogP contribution >= 0.6 is 0 Å². The fourth-order valence-corrected chi connectivity index (χ4v) is 4.11. The van der Waals surface area contributed by atoms with E-state index in [9.17, 15) is 9.59 Å². The smallest absolute Gasteiger partial charge is 0.261 e. The zero-order valence-electron chi connectivity index (χ0n) is 18.5. The maximum Gasteiger partial charge on any atom is 0.261 e. The molecule has 1 fully saturated rings. The van der Waals surface area contributed by atoms with Gasteiger partial charge in [0, 0.05) is 44.6 Å². The summed E-state index contributed by atoms with van der Waals surface area (Å²) in [5.74, 6) is 0.870. The van der Waals surface area contributed by atoms with Crippen molar-refractivity contribution in [1.82, 2.24) is 14.8 Å². The van der Waals surface area contributed by atoms with Crippen LogP contribution in [-0.2, 0) is 6.54 Å². The lowest BCUT2D eigenvalue weighted by atomic mass is 10.0. The molecule has 5 rings (SSSR count). The third-order valence-electron chi connectivity index (χ3n) is 6.04. The molecule has 1 aromatic heterocycles. The summed E-state index contributed by atoms with van der Waals surface area (Å²) in [6.07, 6.45) is 1.59. The number of likely N-dealkylation sites (N-methyl/N-ethyl adjacent to an activating group) is 1. The second kappa shape index (κ2) is 9.09. The zero-order chi connectivity index (χ0) is 22.8. The van der Waals surface area contributed by atoms with Crippen LogP contribution in [0.3, 0.4) is 0 Å². The summed E-state index contributed by atoms with van der Waals surface area (Å²) in [5, 5.41) is 2.87. The van der Waals surface area contributed by atoms with Gasteiger partial charge in [0.25, 0.3) is 11.5 Å². The van der Waals surface area contributed by atoms with Crippen molar-refractivity contribution in [2.45, 2.75) is 6.54 Å². The molecule has 1 amide bonds. The molecule has 8 nitrogen and oxygen atoms in total. The van der Waals surface area contributed by atoms with E-state index < -0.39 is 11.5 Å². The average molecular weight is 447 g/mol. The highest BCUT2D eigenvalue weighted by molar-refractivity contribution is 6.04. The number of aromatic nitrogens is 1. The minimum Gasteiger partial charge on any atom is -0.454 e. The number of hydrogen-bond acceptors (Lipinski definition) is 6. The topological polar surface area (TPSA) is 86.9 Å². The van der Waals surface area contributed by atoms with E-state index in [2.05, 4.69) is 33.2 Å². The van der Waals surface area contributed by atoms with Crippen molar-refractivity contribution in [3.8, 4) is 22.6 Å². The highest BCUT2D eigenvalue weighted by atomic mass is 16.7. The van der Waals surface area contributed by atoms with Crippen LogP contribution in [0.4, 0.5) is 5.69 Å². The van der Waals surface area contributed by atoms with Crippen LogP contribution in [-0.4, -0.2) is 60.7 Å². The molecule has 2 aliphatic heterocycles. The molecule has 0 spiro atoms. The molecule has 1 saturated heterocycles. The van der Waals surface area contributed by atoms with Crippen LogP contribution in [0.5, 0.6) is 11.5 Å². The molecule has 3 aromatic rings. The van der Waals surface area contributed by atoms with Gasteiger partial charge in [0.2, 0.25) is 6.79 Å². The highest BCUT2D eigenvalue weighted by Crippen LogP contribution is 2.35. The summed E-state index contributed by atoms with van der Waals surface area (Å²) >= 11 is 0. The van der Waals surface area contributed by atoms with Gasteiger partial charge in [0.15, 0.2) is 11.5 Å². The fraction of sp³-hybridized carbons (Fsp3) is 0.280. The summed E-state index contributed by atoms with van der Waals surface area (Å²) in [5.41, 5.74) is 2.93. The second-order valence-electron chi connectivity index (χ2n) is 8.43. The predicted molar refractivity (Wildman–Crippen MR) is 126 cm³/mol. The minimum absolute atomic E-state index is 0.0506. The third-order valence-corrected chi connectivity index (χ3v) is 6.04. The summed E-state index contributed by atoms with van der Waals surface area (Å²) < 4.78 is 10.8. The Morgan fingerprint density at radius 3 is 2.67 bits per heavy atom. The molecule has 2 aromatic carbocycles. The van der Waals surface area contributed by atoms with Crippen molar-refractivity contribution in [3.63, 3.8) is 0 Å². The first-order chi connectivity index (χ1) is 16.0. The quantitative estimate of drug-likeness (QED) is 0.627. The van der Waals surface area contributed by atoms with Gasteiger partial charge in [-0.05, 0) is 54.1 Å². The lowest BCUT2D eigenvalue weighted by molar-refractivity contribution is 0.102. The van der Waals surface area contributed by atoms with Gasteiger partial charge in [0.1, 0.15) is 5.56 Å². The molecule has 0 bridgehead atoms. The van der Waals surface area contributed by atoms with Crippen molar-refractivity contribution >= 4 is 11.6 Å². The number of rotatable bonds is 5. The lowest BCUT2D eigenvalue weighted by Gasteiger charge is -2.32. The predicted octanol–water partition coefficient (Wildman–Crippen LogP) is 2.77. The first kappa shape index (κ1) is 21.2. The van der Waals surface area contributed by atoms with E-state index in [0.717, 1.165) is 43.9 Å². The molecule has 2 N–H and O–H groups in total. The van der Waals surface area contributed by atoms with E-state index >= 15 is 0 Å². The fourth-order valence-electron chi connectivity index (χ4n) is 4.11. The van der Waals surface area contributed by atoms with Crippen LogP contribution in [0.2, 0.25) is 0 Å². The number of anilines is 1. The van der Waals surface area contributed by atoms with E-state index in [4.69, 9.17) is 9.47 Å². The van der Waals surface area contributed by atoms with Crippen LogP contribution < -0.4 is 20.3 Å². The largest absolute Gasteiger partial charge is 0.454 e. The Labute approximate surface area is 191 Å². The van der Waals surface area contributed by atoms with Gasteiger partial charge in [0.05, 0.1) is 0 Å². The number of nitrogens with one attached hydrogen (secondary N) is 2. The SMILES string of the molecule is CN1CCN(Cc2cccc(NC(=O)c3cc(-c4ccc5c(c4)OCO5)c[nH]c3=O)c2)CC1. The van der Waals surface area contributed by atoms with Crippen molar-refractivity contribution in [3.05, 3.63) is 76.2 Å². The number of aromatic amines is 1. The first-order valence-electron chi connectivity index (χ1n) is 11.0. The Hall–Kier alpha value is -3.62. The van der Waals surface area contributed by atoms with Gasteiger partial charge >= 0.3 is 0 Å². The summed E-state index contributed by atoms with van der Waals surface area (Å²) in [4.78, 5) is 32.8. The Balaban J connectivity index is 1.32. The normalized spacial score (nSPS) is 16.0. The Bertz CT molecular complexity index is 1230. The molecular weight excluding hydrogens is 420 g/mol. The number of piperazine rings is 1. The van der Waals surface area contributed by atoms with Crippen molar-refractivity contribution in [2.75, 3.05) is 45.3 Å². The third kappa shape index (κ3) is 4.76. The van der Waals surface area contributed by atoms with Crippen LogP contribution in [0.15, 0.2) is 59.5 Å². The van der Waals surface area contributed by atoms with E-state index in [0.29, 0.717) is 22.7 Å². The van der Waals surface area contributed by atoms with Crippen LogP contribution in [0.25, 0.3) is 11.1 Å². The molecule has 170 valence electrons. The summed E-state index contributed by atoms with van der Waals surface area (Å²) in [7, 11) is 2.14. The molecule has 0 aliphatic carbocycles. The number of ether oxygens (including phenoxy) is 2. The number of fused-ring (bicyclic) bond motifs is 1. The first-order valence-corrected chi connectivity index (χ1v) is 11.0.